The summed E-state index contributed by atoms with van der Waals surface area (Å²) in [7, 11) is 1.63. The zero-order valence-corrected chi connectivity index (χ0v) is 8.62. The zero-order chi connectivity index (χ0) is 10.8. The Kier molecular flexibility index (Phi) is 2.46. The molecule has 1 aliphatic heterocycles. The van der Waals surface area contributed by atoms with Crippen molar-refractivity contribution in [3.8, 4) is 5.75 Å². The van der Waals surface area contributed by atoms with Crippen LogP contribution in [0.15, 0.2) is 36.4 Å². The third-order valence-electron chi connectivity index (χ3n) is 2.60. The van der Waals surface area contributed by atoms with Gasteiger partial charge in [-0.15, -0.1) is 0 Å². The van der Waals surface area contributed by atoms with Crippen molar-refractivity contribution in [2.75, 3.05) is 7.11 Å². The number of nitrogens with one attached hydrogen (secondary N) is 1. The van der Waals surface area contributed by atoms with Gasteiger partial charge in [-0.1, -0.05) is 18.7 Å². The van der Waals surface area contributed by atoms with Crippen molar-refractivity contribution in [3.63, 3.8) is 0 Å². The first-order valence-electron chi connectivity index (χ1n) is 4.83. The van der Waals surface area contributed by atoms with Crippen LogP contribution in [0.4, 0.5) is 0 Å². The van der Waals surface area contributed by atoms with Gasteiger partial charge in [-0.05, 0) is 17.7 Å². The zero-order valence-electron chi connectivity index (χ0n) is 8.62. The molecule has 1 fully saturated rings. The quantitative estimate of drug-likeness (QED) is 0.744. The number of carbonyl (C=O) groups excluding carboxylic acids is 1. The summed E-state index contributed by atoms with van der Waals surface area (Å²) >= 11 is 0. The second-order valence-electron chi connectivity index (χ2n) is 3.61. The maximum absolute atomic E-state index is 11.2. The maximum atomic E-state index is 11.2. The van der Waals surface area contributed by atoms with Crippen molar-refractivity contribution in [2.45, 2.75) is 12.5 Å². The van der Waals surface area contributed by atoms with Crippen LogP contribution in [0.2, 0.25) is 0 Å². The van der Waals surface area contributed by atoms with Crippen LogP contribution in [0.25, 0.3) is 0 Å². The second-order valence-corrected chi connectivity index (χ2v) is 3.61. The van der Waals surface area contributed by atoms with Gasteiger partial charge in [0.05, 0.1) is 13.2 Å². The van der Waals surface area contributed by atoms with E-state index < -0.39 is 0 Å². The summed E-state index contributed by atoms with van der Waals surface area (Å²) in [6.45, 7) is 3.71. The summed E-state index contributed by atoms with van der Waals surface area (Å²) in [5.74, 6) is 0.776. The van der Waals surface area contributed by atoms with Crippen LogP contribution in [0.5, 0.6) is 5.75 Å². The van der Waals surface area contributed by atoms with Gasteiger partial charge in [0.2, 0.25) is 5.91 Å². The van der Waals surface area contributed by atoms with Crippen LogP contribution in [-0.4, -0.2) is 13.0 Å². The van der Waals surface area contributed by atoms with Crippen LogP contribution in [0.1, 0.15) is 18.0 Å². The van der Waals surface area contributed by atoms with E-state index in [1.807, 2.05) is 24.3 Å². The van der Waals surface area contributed by atoms with Gasteiger partial charge in [-0.2, -0.15) is 0 Å². The van der Waals surface area contributed by atoms with E-state index in [0.717, 1.165) is 11.3 Å². The lowest BCUT2D eigenvalue weighted by molar-refractivity contribution is -0.116. The lowest BCUT2D eigenvalue weighted by Gasteiger charge is -2.10. The molecule has 1 saturated heterocycles. The molecule has 1 amide bonds. The molecule has 1 aliphatic rings. The molecule has 78 valence electrons. The molecule has 0 bridgehead atoms. The third-order valence-corrected chi connectivity index (χ3v) is 2.60. The van der Waals surface area contributed by atoms with E-state index in [9.17, 15) is 4.79 Å². The van der Waals surface area contributed by atoms with E-state index in [2.05, 4.69) is 11.9 Å². The van der Waals surface area contributed by atoms with Crippen molar-refractivity contribution in [1.29, 1.82) is 0 Å². The van der Waals surface area contributed by atoms with Gasteiger partial charge in [0.1, 0.15) is 5.75 Å². The molecular formula is C12H13NO2. The minimum absolute atomic E-state index is 0.0455. The van der Waals surface area contributed by atoms with Crippen LogP contribution in [0, 0.1) is 0 Å². The normalized spacial score (nSPS) is 20.2. The van der Waals surface area contributed by atoms with Crippen molar-refractivity contribution < 1.29 is 9.53 Å². The molecule has 2 rings (SSSR count). The molecular weight excluding hydrogens is 190 g/mol. The number of methoxy groups -OCH3 is 1. The molecule has 0 spiro atoms. The summed E-state index contributed by atoms with van der Waals surface area (Å²) in [4.78, 5) is 11.2. The summed E-state index contributed by atoms with van der Waals surface area (Å²) < 4.78 is 5.07. The highest BCUT2D eigenvalue weighted by Crippen LogP contribution is 2.27. The maximum Gasteiger partial charge on any atom is 0.247 e. The van der Waals surface area contributed by atoms with Gasteiger partial charge >= 0.3 is 0 Å². The Morgan fingerprint density at radius 1 is 1.40 bits per heavy atom. The first kappa shape index (κ1) is 9.77. The fourth-order valence-electron chi connectivity index (χ4n) is 1.69. The Bertz CT molecular complexity index is 379. The average molecular weight is 203 g/mol. The fourth-order valence-corrected chi connectivity index (χ4v) is 1.69. The van der Waals surface area contributed by atoms with Crippen molar-refractivity contribution >= 4 is 5.91 Å². The van der Waals surface area contributed by atoms with Gasteiger partial charge < -0.3 is 10.1 Å². The molecule has 1 atom stereocenters. The molecule has 1 unspecified atom stereocenters. The molecule has 3 nitrogen and oxygen atoms in total. The van der Waals surface area contributed by atoms with Crippen molar-refractivity contribution in [1.82, 2.24) is 5.32 Å². The van der Waals surface area contributed by atoms with Crippen molar-refractivity contribution in [3.05, 3.63) is 42.0 Å². The van der Waals surface area contributed by atoms with E-state index in [4.69, 9.17) is 4.74 Å². The standard InChI is InChI=1S/C12H13NO2/c1-8-7-11(13-12(8)14)9-3-5-10(15-2)6-4-9/h3-6,11H,1,7H2,2H3,(H,13,14). The number of hydrogen-bond acceptors (Lipinski definition) is 2. The number of hydrogen-bond donors (Lipinski definition) is 1. The Morgan fingerprint density at radius 3 is 2.53 bits per heavy atom. The van der Waals surface area contributed by atoms with E-state index >= 15 is 0 Å². The number of rotatable bonds is 2. The third kappa shape index (κ3) is 1.86. The monoisotopic (exact) mass is 203 g/mol. The topological polar surface area (TPSA) is 38.3 Å². The van der Waals surface area contributed by atoms with E-state index in [1.54, 1.807) is 7.11 Å². The van der Waals surface area contributed by atoms with Gasteiger partial charge in [0.15, 0.2) is 0 Å². The fraction of sp³-hybridized carbons (Fsp3) is 0.250. The SMILES string of the molecule is C=C1CC(c2ccc(OC)cc2)NC1=O. The Labute approximate surface area is 88.8 Å². The first-order valence-corrected chi connectivity index (χ1v) is 4.83. The lowest BCUT2D eigenvalue weighted by Crippen LogP contribution is -2.18. The predicted octanol–water partition coefficient (Wildman–Crippen LogP) is 1.81. The Hall–Kier alpha value is -1.77. The van der Waals surface area contributed by atoms with E-state index in [0.29, 0.717) is 12.0 Å². The second kappa shape index (κ2) is 3.77. The largest absolute Gasteiger partial charge is 0.497 e. The molecule has 0 radical (unpaired) electrons. The van der Waals surface area contributed by atoms with Crippen LogP contribution >= 0.6 is 0 Å². The molecule has 0 aromatic heterocycles. The number of ether oxygens (including phenoxy) is 1. The van der Waals surface area contributed by atoms with E-state index in [-0.39, 0.29) is 11.9 Å². The van der Waals surface area contributed by atoms with Gasteiger partial charge in [0.25, 0.3) is 0 Å². The summed E-state index contributed by atoms with van der Waals surface area (Å²) in [5, 5.41) is 2.88. The van der Waals surface area contributed by atoms with Gasteiger partial charge in [0, 0.05) is 12.0 Å². The summed E-state index contributed by atoms with van der Waals surface area (Å²) in [6, 6.07) is 7.77. The molecule has 3 heteroatoms. The predicted molar refractivity (Wildman–Crippen MR) is 57.6 cm³/mol. The van der Waals surface area contributed by atoms with Crippen molar-refractivity contribution in [2.24, 2.45) is 0 Å². The Balaban J connectivity index is 2.17. The van der Waals surface area contributed by atoms with Crippen LogP contribution < -0.4 is 10.1 Å². The molecule has 0 saturated carbocycles. The molecule has 1 heterocycles. The molecule has 15 heavy (non-hydrogen) atoms. The number of benzene rings is 1. The minimum Gasteiger partial charge on any atom is -0.497 e. The van der Waals surface area contributed by atoms with Gasteiger partial charge in [-0.3, -0.25) is 4.79 Å². The summed E-state index contributed by atoms with van der Waals surface area (Å²) in [6.07, 6.45) is 0.686. The highest BCUT2D eigenvalue weighted by Gasteiger charge is 2.25. The smallest absolute Gasteiger partial charge is 0.247 e. The summed E-state index contributed by atoms with van der Waals surface area (Å²) in [5.41, 5.74) is 1.73. The lowest BCUT2D eigenvalue weighted by atomic mass is 10.0. The molecule has 1 N–H and O–H groups in total. The minimum atomic E-state index is -0.0455. The first-order chi connectivity index (χ1) is 7.20. The molecule has 1 aromatic rings. The van der Waals surface area contributed by atoms with Crippen LogP contribution in [-0.2, 0) is 4.79 Å². The Morgan fingerprint density at radius 2 is 2.07 bits per heavy atom. The number of amides is 1. The van der Waals surface area contributed by atoms with E-state index in [1.165, 1.54) is 0 Å². The highest BCUT2D eigenvalue weighted by atomic mass is 16.5. The van der Waals surface area contributed by atoms with Gasteiger partial charge in [-0.25, -0.2) is 0 Å². The number of carbonyl (C=O) groups is 1. The molecule has 1 aromatic carbocycles. The highest BCUT2D eigenvalue weighted by molar-refractivity contribution is 5.95. The average Bonchev–Trinajstić information content (AvgIpc) is 2.59. The molecule has 0 aliphatic carbocycles. The van der Waals surface area contributed by atoms with Crippen LogP contribution in [0.3, 0.4) is 0 Å².